The molecular formula is C17H20N6O. The molecule has 1 amide bonds. The lowest BCUT2D eigenvalue weighted by molar-refractivity contribution is 0.0920. The third kappa shape index (κ3) is 3.68. The highest BCUT2D eigenvalue weighted by molar-refractivity contribution is 5.94. The van der Waals surface area contributed by atoms with Crippen LogP contribution in [0.15, 0.2) is 55.6 Å². The molecule has 3 rings (SSSR count). The Kier molecular flexibility index (Phi) is 4.69. The molecule has 0 spiro atoms. The van der Waals surface area contributed by atoms with Gasteiger partial charge >= 0.3 is 0 Å². The molecule has 2 aromatic heterocycles. The maximum atomic E-state index is 12.5. The summed E-state index contributed by atoms with van der Waals surface area (Å²) in [5, 5.41) is 10.7. The van der Waals surface area contributed by atoms with Gasteiger partial charge in [0.2, 0.25) is 0 Å². The summed E-state index contributed by atoms with van der Waals surface area (Å²) in [6.45, 7) is 4.89. The van der Waals surface area contributed by atoms with Gasteiger partial charge in [-0.3, -0.25) is 9.36 Å². The molecule has 7 heteroatoms. The molecule has 1 aromatic carbocycles. The van der Waals surface area contributed by atoms with Crippen molar-refractivity contribution in [3.63, 3.8) is 0 Å². The average molecular weight is 324 g/mol. The molecule has 1 atom stereocenters. The SMILES string of the molecule is CC(C)[C@H](Cn1ccnc1)NC(=O)c1ccc(-n2cnnc2)cc1. The zero-order chi connectivity index (χ0) is 16.9. The topological polar surface area (TPSA) is 77.6 Å². The van der Waals surface area contributed by atoms with E-state index in [9.17, 15) is 4.79 Å². The Bertz CT molecular complexity index is 762. The molecular weight excluding hydrogens is 304 g/mol. The van der Waals surface area contributed by atoms with Crippen LogP contribution in [0.5, 0.6) is 0 Å². The van der Waals surface area contributed by atoms with Gasteiger partial charge in [0.25, 0.3) is 5.91 Å². The predicted octanol–water partition coefficient (Wildman–Crippen LogP) is 1.92. The molecule has 0 aliphatic heterocycles. The molecule has 24 heavy (non-hydrogen) atoms. The van der Waals surface area contributed by atoms with Gasteiger partial charge in [-0.05, 0) is 30.2 Å². The summed E-state index contributed by atoms with van der Waals surface area (Å²) in [4.78, 5) is 16.6. The maximum Gasteiger partial charge on any atom is 0.251 e. The second kappa shape index (κ2) is 7.08. The first kappa shape index (κ1) is 15.9. The van der Waals surface area contributed by atoms with Crippen LogP contribution in [-0.4, -0.2) is 36.3 Å². The van der Waals surface area contributed by atoms with Crippen molar-refractivity contribution >= 4 is 5.91 Å². The number of imidazole rings is 1. The van der Waals surface area contributed by atoms with Crippen LogP contribution in [0.2, 0.25) is 0 Å². The normalized spacial score (nSPS) is 12.3. The highest BCUT2D eigenvalue weighted by Crippen LogP contribution is 2.11. The van der Waals surface area contributed by atoms with Crippen LogP contribution < -0.4 is 5.32 Å². The van der Waals surface area contributed by atoms with E-state index in [2.05, 4.69) is 34.3 Å². The van der Waals surface area contributed by atoms with Crippen molar-refractivity contribution in [2.45, 2.75) is 26.4 Å². The van der Waals surface area contributed by atoms with E-state index in [-0.39, 0.29) is 11.9 Å². The molecule has 1 N–H and O–H groups in total. The van der Waals surface area contributed by atoms with Crippen molar-refractivity contribution in [3.8, 4) is 5.69 Å². The van der Waals surface area contributed by atoms with Crippen molar-refractivity contribution < 1.29 is 4.79 Å². The van der Waals surface area contributed by atoms with Crippen LogP contribution in [0.4, 0.5) is 0 Å². The minimum atomic E-state index is -0.0795. The van der Waals surface area contributed by atoms with Crippen molar-refractivity contribution in [2.24, 2.45) is 5.92 Å². The van der Waals surface area contributed by atoms with Gasteiger partial charge in [-0.25, -0.2) is 4.98 Å². The van der Waals surface area contributed by atoms with E-state index in [4.69, 9.17) is 0 Å². The van der Waals surface area contributed by atoms with E-state index < -0.39 is 0 Å². The molecule has 124 valence electrons. The standard InChI is InChI=1S/C17H20N6O/c1-13(2)16(9-22-8-7-18-10-22)21-17(24)14-3-5-15(6-4-14)23-11-19-20-12-23/h3-8,10-13,16H,9H2,1-2H3,(H,21,24)/t16-/m0/s1. The third-order valence-electron chi connectivity index (χ3n) is 3.93. The molecule has 2 heterocycles. The molecule has 0 aliphatic rings. The number of amides is 1. The fourth-order valence-corrected chi connectivity index (χ4v) is 2.42. The highest BCUT2D eigenvalue weighted by atomic mass is 16.1. The Labute approximate surface area is 140 Å². The van der Waals surface area contributed by atoms with Gasteiger partial charge in [-0.2, -0.15) is 0 Å². The van der Waals surface area contributed by atoms with Crippen LogP contribution in [0.25, 0.3) is 5.69 Å². The number of benzene rings is 1. The lowest BCUT2D eigenvalue weighted by Gasteiger charge is -2.23. The molecule has 0 radical (unpaired) electrons. The number of carbonyl (C=O) groups excluding carboxylic acids is 1. The summed E-state index contributed by atoms with van der Waals surface area (Å²) in [6, 6.07) is 7.39. The molecule has 0 saturated carbocycles. The smallest absolute Gasteiger partial charge is 0.251 e. The Morgan fingerprint density at radius 3 is 2.42 bits per heavy atom. The first-order valence-electron chi connectivity index (χ1n) is 7.85. The number of hydrogen-bond donors (Lipinski definition) is 1. The van der Waals surface area contributed by atoms with Gasteiger partial charge in [-0.1, -0.05) is 13.8 Å². The highest BCUT2D eigenvalue weighted by Gasteiger charge is 2.17. The predicted molar refractivity (Wildman–Crippen MR) is 89.7 cm³/mol. The number of nitrogens with zero attached hydrogens (tertiary/aromatic N) is 5. The summed E-state index contributed by atoms with van der Waals surface area (Å²) < 4.78 is 3.76. The molecule has 7 nitrogen and oxygen atoms in total. The number of rotatable bonds is 6. The van der Waals surface area contributed by atoms with Crippen LogP contribution >= 0.6 is 0 Å². The van der Waals surface area contributed by atoms with Crippen molar-refractivity contribution in [3.05, 3.63) is 61.2 Å². The molecule has 3 aromatic rings. The third-order valence-corrected chi connectivity index (χ3v) is 3.93. The Hall–Kier alpha value is -2.96. The van der Waals surface area contributed by atoms with Gasteiger partial charge in [0.1, 0.15) is 12.7 Å². The van der Waals surface area contributed by atoms with Gasteiger partial charge in [0.05, 0.1) is 6.33 Å². The molecule has 0 aliphatic carbocycles. The second-order valence-electron chi connectivity index (χ2n) is 6.00. The van der Waals surface area contributed by atoms with E-state index in [0.29, 0.717) is 18.0 Å². The number of hydrogen-bond acceptors (Lipinski definition) is 4. The van der Waals surface area contributed by atoms with E-state index in [1.807, 2.05) is 22.9 Å². The zero-order valence-corrected chi connectivity index (χ0v) is 13.7. The van der Waals surface area contributed by atoms with Crippen molar-refractivity contribution in [1.82, 2.24) is 29.6 Å². The molecule has 0 bridgehead atoms. The average Bonchev–Trinajstić information content (AvgIpc) is 3.28. The minimum Gasteiger partial charge on any atom is -0.347 e. The fraction of sp³-hybridized carbons (Fsp3) is 0.294. The first-order chi connectivity index (χ1) is 11.6. The van der Waals surface area contributed by atoms with Gasteiger partial charge in [0.15, 0.2) is 0 Å². The van der Waals surface area contributed by atoms with E-state index in [1.54, 1.807) is 41.9 Å². The Morgan fingerprint density at radius 1 is 1.12 bits per heavy atom. The lowest BCUT2D eigenvalue weighted by Crippen LogP contribution is -2.41. The summed E-state index contributed by atoms with van der Waals surface area (Å²) in [5.41, 5.74) is 1.54. The Balaban J connectivity index is 1.68. The van der Waals surface area contributed by atoms with E-state index in [0.717, 1.165) is 5.69 Å². The van der Waals surface area contributed by atoms with Crippen LogP contribution in [0.3, 0.4) is 0 Å². The monoisotopic (exact) mass is 324 g/mol. The Morgan fingerprint density at radius 2 is 1.83 bits per heavy atom. The van der Waals surface area contributed by atoms with E-state index in [1.165, 1.54) is 0 Å². The van der Waals surface area contributed by atoms with Crippen molar-refractivity contribution in [1.29, 1.82) is 0 Å². The fourth-order valence-electron chi connectivity index (χ4n) is 2.42. The number of aromatic nitrogens is 5. The quantitative estimate of drug-likeness (QED) is 0.751. The first-order valence-corrected chi connectivity index (χ1v) is 7.85. The lowest BCUT2D eigenvalue weighted by atomic mass is 10.0. The summed E-state index contributed by atoms with van der Waals surface area (Å²) in [7, 11) is 0. The molecule has 0 fully saturated rings. The molecule has 0 unspecified atom stereocenters. The van der Waals surface area contributed by atoms with Gasteiger partial charge in [0, 0.05) is 36.2 Å². The molecule has 0 saturated heterocycles. The van der Waals surface area contributed by atoms with Crippen LogP contribution in [-0.2, 0) is 6.54 Å². The largest absolute Gasteiger partial charge is 0.347 e. The zero-order valence-electron chi connectivity index (χ0n) is 13.7. The maximum absolute atomic E-state index is 12.5. The van der Waals surface area contributed by atoms with Crippen molar-refractivity contribution in [2.75, 3.05) is 0 Å². The van der Waals surface area contributed by atoms with Crippen LogP contribution in [0, 0.1) is 5.92 Å². The van der Waals surface area contributed by atoms with Crippen LogP contribution in [0.1, 0.15) is 24.2 Å². The number of carbonyl (C=O) groups is 1. The summed E-state index contributed by atoms with van der Waals surface area (Å²) in [5.74, 6) is 0.233. The van der Waals surface area contributed by atoms with Gasteiger partial charge < -0.3 is 9.88 Å². The number of nitrogens with one attached hydrogen (secondary N) is 1. The van der Waals surface area contributed by atoms with Gasteiger partial charge in [-0.15, -0.1) is 10.2 Å². The summed E-state index contributed by atoms with van der Waals surface area (Å²) in [6.07, 6.45) is 8.64. The second-order valence-corrected chi connectivity index (χ2v) is 6.00. The van der Waals surface area contributed by atoms with E-state index >= 15 is 0 Å². The minimum absolute atomic E-state index is 0.0317. The summed E-state index contributed by atoms with van der Waals surface area (Å²) >= 11 is 0.